The van der Waals surface area contributed by atoms with Crippen molar-refractivity contribution in [3.63, 3.8) is 0 Å². The number of hydrogen-bond acceptors (Lipinski definition) is 5. The lowest BCUT2D eigenvalue weighted by Gasteiger charge is -2.11. The maximum atomic E-state index is 13.7. The van der Waals surface area contributed by atoms with Gasteiger partial charge in [-0.1, -0.05) is 11.6 Å². The van der Waals surface area contributed by atoms with Crippen LogP contribution in [0.1, 0.15) is 10.4 Å². The van der Waals surface area contributed by atoms with Crippen LogP contribution in [-0.2, 0) is 7.05 Å². The van der Waals surface area contributed by atoms with Gasteiger partial charge in [-0.2, -0.15) is 0 Å². The molecule has 0 radical (unpaired) electrons. The first-order valence-corrected chi connectivity index (χ1v) is 8.74. The fraction of sp³-hybridized carbons (Fsp3) is 0.0588. The number of hydrogen-bond donors (Lipinski definition) is 1. The molecule has 10 heteroatoms. The molecule has 0 saturated heterocycles. The average molecular weight is 407 g/mol. The monoisotopic (exact) mass is 406 g/mol. The molecule has 0 saturated carbocycles. The van der Waals surface area contributed by atoms with Crippen molar-refractivity contribution in [2.24, 2.45) is 7.05 Å². The lowest BCUT2D eigenvalue weighted by Crippen LogP contribution is -2.13. The van der Waals surface area contributed by atoms with Gasteiger partial charge in [0.15, 0.2) is 5.16 Å². The lowest BCUT2D eigenvalue weighted by molar-refractivity contribution is -0.384. The van der Waals surface area contributed by atoms with Crippen molar-refractivity contribution in [2.75, 3.05) is 5.32 Å². The zero-order chi connectivity index (χ0) is 19.6. The van der Waals surface area contributed by atoms with Crippen molar-refractivity contribution >= 4 is 40.6 Å². The lowest BCUT2D eigenvalue weighted by atomic mass is 10.2. The first kappa shape index (κ1) is 18.9. The van der Waals surface area contributed by atoms with E-state index in [1.54, 1.807) is 24.0 Å². The summed E-state index contributed by atoms with van der Waals surface area (Å²) >= 11 is 7.23. The van der Waals surface area contributed by atoms with E-state index >= 15 is 0 Å². The molecule has 0 unspecified atom stereocenters. The van der Waals surface area contributed by atoms with E-state index in [-0.39, 0.29) is 22.0 Å². The van der Waals surface area contributed by atoms with Crippen molar-refractivity contribution < 1.29 is 14.1 Å². The van der Waals surface area contributed by atoms with Crippen molar-refractivity contribution in [3.8, 4) is 0 Å². The largest absolute Gasteiger partial charge is 0.329 e. The summed E-state index contributed by atoms with van der Waals surface area (Å²) in [5, 5.41) is 14.2. The number of aromatic nitrogens is 2. The van der Waals surface area contributed by atoms with Gasteiger partial charge in [0.25, 0.3) is 11.6 Å². The summed E-state index contributed by atoms with van der Waals surface area (Å²) in [5.41, 5.74) is -0.148. The second-order valence-corrected chi connectivity index (χ2v) is 6.85. The fourth-order valence-corrected chi connectivity index (χ4v) is 3.30. The number of carbonyl (C=O) groups is 1. The Balaban J connectivity index is 1.92. The summed E-state index contributed by atoms with van der Waals surface area (Å²) in [6.07, 6.45) is 3.37. The molecule has 1 N–H and O–H groups in total. The van der Waals surface area contributed by atoms with E-state index in [0.717, 1.165) is 12.1 Å². The number of nitro benzene ring substituents is 1. The Morgan fingerprint density at radius 2 is 2.11 bits per heavy atom. The third-order valence-corrected chi connectivity index (χ3v) is 5.05. The molecule has 0 fully saturated rings. The van der Waals surface area contributed by atoms with Gasteiger partial charge in [0.2, 0.25) is 0 Å². The highest BCUT2D eigenvalue weighted by atomic mass is 35.5. The Morgan fingerprint density at radius 3 is 2.78 bits per heavy atom. The van der Waals surface area contributed by atoms with Gasteiger partial charge in [-0.25, -0.2) is 9.37 Å². The van der Waals surface area contributed by atoms with Crippen LogP contribution in [0.3, 0.4) is 0 Å². The molecule has 3 rings (SSSR count). The molecule has 0 aliphatic carbocycles. The van der Waals surface area contributed by atoms with E-state index in [0.29, 0.717) is 10.1 Å². The number of nitrogens with one attached hydrogen (secondary N) is 1. The smallest absolute Gasteiger partial charge is 0.270 e. The first-order chi connectivity index (χ1) is 12.8. The molecule has 0 aliphatic heterocycles. The first-order valence-electron chi connectivity index (χ1n) is 7.55. The number of carbonyl (C=O) groups excluding carboxylic acids is 1. The quantitative estimate of drug-likeness (QED) is 0.496. The Bertz CT molecular complexity index is 1040. The molecule has 3 aromatic rings. The molecular formula is C17H12ClFN4O3S. The summed E-state index contributed by atoms with van der Waals surface area (Å²) in [7, 11) is 1.81. The van der Waals surface area contributed by atoms with Crippen LogP contribution in [0.2, 0.25) is 5.02 Å². The number of imidazole rings is 1. The molecule has 0 aliphatic rings. The van der Waals surface area contributed by atoms with Gasteiger partial charge in [-0.15, -0.1) is 0 Å². The number of benzene rings is 2. The van der Waals surface area contributed by atoms with Crippen molar-refractivity contribution in [2.45, 2.75) is 10.1 Å². The van der Waals surface area contributed by atoms with E-state index < -0.39 is 16.6 Å². The van der Waals surface area contributed by atoms with Gasteiger partial charge in [-0.05, 0) is 36.0 Å². The highest BCUT2D eigenvalue weighted by molar-refractivity contribution is 7.99. The van der Waals surface area contributed by atoms with Gasteiger partial charge >= 0.3 is 0 Å². The van der Waals surface area contributed by atoms with Gasteiger partial charge in [-0.3, -0.25) is 14.9 Å². The van der Waals surface area contributed by atoms with Crippen molar-refractivity contribution in [1.82, 2.24) is 9.55 Å². The maximum absolute atomic E-state index is 13.7. The molecule has 138 valence electrons. The van der Waals surface area contributed by atoms with E-state index in [2.05, 4.69) is 10.3 Å². The number of rotatable bonds is 5. The number of amides is 1. The highest BCUT2D eigenvalue weighted by Gasteiger charge is 2.18. The topological polar surface area (TPSA) is 90.1 Å². The number of aryl methyl sites for hydroxylation is 1. The minimum Gasteiger partial charge on any atom is -0.329 e. The molecule has 1 aromatic heterocycles. The van der Waals surface area contributed by atoms with Gasteiger partial charge in [0.05, 0.1) is 21.2 Å². The van der Waals surface area contributed by atoms with E-state index in [1.807, 2.05) is 0 Å². The van der Waals surface area contributed by atoms with Crippen molar-refractivity contribution in [3.05, 3.63) is 75.3 Å². The third kappa shape index (κ3) is 4.26. The Hall–Kier alpha value is -2.91. The van der Waals surface area contributed by atoms with Gasteiger partial charge in [0.1, 0.15) is 5.82 Å². The normalized spacial score (nSPS) is 10.6. The van der Waals surface area contributed by atoms with E-state index in [4.69, 9.17) is 11.6 Å². The van der Waals surface area contributed by atoms with E-state index in [1.165, 1.54) is 36.0 Å². The zero-order valence-electron chi connectivity index (χ0n) is 13.8. The molecule has 1 amide bonds. The van der Waals surface area contributed by atoms with E-state index in [9.17, 15) is 19.3 Å². The SMILES string of the molecule is Cn1ccnc1Sc1ccc(F)cc1NC(=O)c1cc([N+](=O)[O-])ccc1Cl. The van der Waals surface area contributed by atoms with Crippen LogP contribution >= 0.6 is 23.4 Å². The number of nitrogens with zero attached hydrogens (tertiary/aromatic N) is 3. The summed E-state index contributed by atoms with van der Waals surface area (Å²) in [6.45, 7) is 0. The molecule has 0 spiro atoms. The van der Waals surface area contributed by atoms with Crippen LogP contribution in [0.5, 0.6) is 0 Å². The van der Waals surface area contributed by atoms with Crippen molar-refractivity contribution in [1.29, 1.82) is 0 Å². The highest BCUT2D eigenvalue weighted by Crippen LogP contribution is 2.33. The summed E-state index contributed by atoms with van der Waals surface area (Å²) < 4.78 is 15.5. The molecular weight excluding hydrogens is 395 g/mol. The fourth-order valence-electron chi connectivity index (χ4n) is 2.23. The molecule has 2 aromatic carbocycles. The van der Waals surface area contributed by atoms with Gasteiger partial charge in [0, 0.05) is 36.5 Å². The molecule has 1 heterocycles. The number of halogens is 2. The predicted molar refractivity (Wildman–Crippen MR) is 99.8 cm³/mol. The Morgan fingerprint density at radius 1 is 1.33 bits per heavy atom. The van der Waals surface area contributed by atoms with Crippen LogP contribution in [0.25, 0.3) is 0 Å². The average Bonchev–Trinajstić information content (AvgIpc) is 3.02. The zero-order valence-corrected chi connectivity index (χ0v) is 15.4. The minimum absolute atomic E-state index is 0.0489. The van der Waals surface area contributed by atoms with Crippen LogP contribution < -0.4 is 5.32 Å². The Labute approximate surface area is 162 Å². The van der Waals surface area contributed by atoms with Crippen LogP contribution in [0.15, 0.2) is 58.8 Å². The molecule has 7 nitrogen and oxygen atoms in total. The van der Waals surface area contributed by atoms with Gasteiger partial charge < -0.3 is 9.88 Å². The number of non-ortho nitro benzene ring substituents is 1. The van der Waals surface area contributed by atoms with Crippen LogP contribution in [0.4, 0.5) is 15.8 Å². The predicted octanol–water partition coefficient (Wildman–Crippen LogP) is 4.52. The number of nitro groups is 1. The van der Waals surface area contributed by atoms with Crippen LogP contribution in [0, 0.1) is 15.9 Å². The Kier molecular flexibility index (Phi) is 5.43. The molecule has 0 bridgehead atoms. The molecule has 0 atom stereocenters. The summed E-state index contributed by atoms with van der Waals surface area (Å²) in [5.74, 6) is -1.23. The third-order valence-electron chi connectivity index (χ3n) is 3.57. The number of anilines is 1. The summed E-state index contributed by atoms with van der Waals surface area (Å²) in [6, 6.07) is 7.48. The maximum Gasteiger partial charge on any atom is 0.270 e. The second kappa shape index (κ2) is 7.77. The molecule has 27 heavy (non-hydrogen) atoms. The second-order valence-electron chi connectivity index (χ2n) is 5.44. The summed E-state index contributed by atoms with van der Waals surface area (Å²) in [4.78, 5) is 27.6. The standard InChI is InChI=1S/C17H12ClFN4O3S/c1-22-7-6-20-17(22)27-15-5-2-10(19)8-14(15)21-16(24)12-9-11(23(25)26)3-4-13(12)18/h2-9H,1H3,(H,21,24). The minimum atomic E-state index is -0.684. The van der Waals surface area contributed by atoms with Crippen LogP contribution in [-0.4, -0.2) is 20.4 Å².